The van der Waals surface area contributed by atoms with Gasteiger partial charge in [-0.2, -0.15) is 0 Å². The lowest BCUT2D eigenvalue weighted by molar-refractivity contribution is -0.492. The maximum atomic E-state index is 7.95. The van der Waals surface area contributed by atoms with E-state index >= 15 is 0 Å². The molecule has 0 rings (SSSR count). The fraction of sp³-hybridized carbons (Fsp3) is 1.00. The maximum absolute atomic E-state index is 7.95. The molecule has 0 radical (unpaired) electrons. The van der Waals surface area contributed by atoms with E-state index in [4.69, 9.17) is 10.4 Å². The van der Waals surface area contributed by atoms with E-state index in [1.165, 1.54) is 0 Å². The Labute approximate surface area is 48.2 Å². The van der Waals surface area contributed by atoms with Crippen LogP contribution in [0.3, 0.4) is 0 Å². The number of rotatable bonds is 4. The quantitative estimate of drug-likeness (QED) is 0.426. The van der Waals surface area contributed by atoms with Gasteiger partial charge in [-0.1, -0.05) is 13.3 Å². The van der Waals surface area contributed by atoms with Gasteiger partial charge in [0.2, 0.25) is 0 Å². The molecule has 0 fully saturated rings. The maximum Gasteiger partial charge on any atom is 0.0736 e. The first-order valence-electron chi connectivity index (χ1n) is 2.58. The van der Waals surface area contributed by atoms with Gasteiger partial charge in [-0.25, -0.2) is 0 Å². The first-order valence-corrected chi connectivity index (χ1v) is 2.58. The van der Waals surface area contributed by atoms with Gasteiger partial charge < -0.3 is 0 Å². The van der Waals surface area contributed by atoms with Gasteiger partial charge >= 0.3 is 0 Å². The lowest BCUT2D eigenvalue weighted by atomic mass is 10.4. The standard InChI is InChI=1S/C4H11NO3/c1-2-3-4-8-5(6)7/h6-7H,2-4H2,1H3. The van der Waals surface area contributed by atoms with Gasteiger partial charge in [0, 0.05) is 0 Å². The monoisotopic (exact) mass is 121 g/mol. The smallest absolute Gasteiger partial charge is 0.0736 e. The van der Waals surface area contributed by atoms with Gasteiger partial charge in [0.15, 0.2) is 0 Å². The Bertz CT molecular complexity index is 48.5. The van der Waals surface area contributed by atoms with E-state index in [2.05, 4.69) is 4.84 Å². The summed E-state index contributed by atoms with van der Waals surface area (Å²) >= 11 is 0. The van der Waals surface area contributed by atoms with E-state index in [0.29, 0.717) is 6.61 Å². The second kappa shape index (κ2) is 4.99. The van der Waals surface area contributed by atoms with Crippen LogP contribution in [0.15, 0.2) is 0 Å². The molecule has 8 heavy (non-hydrogen) atoms. The molecule has 0 aromatic heterocycles. The minimum atomic E-state index is -0.268. The van der Waals surface area contributed by atoms with Crippen LogP contribution >= 0.6 is 0 Å². The van der Waals surface area contributed by atoms with Gasteiger partial charge in [0.25, 0.3) is 0 Å². The molecule has 2 N–H and O–H groups in total. The van der Waals surface area contributed by atoms with Gasteiger partial charge in [-0.3, -0.25) is 15.3 Å². The number of hydrogen-bond donors (Lipinski definition) is 2. The molecule has 0 atom stereocenters. The van der Waals surface area contributed by atoms with Crippen LogP contribution in [-0.4, -0.2) is 22.4 Å². The Balaban J connectivity index is 2.72. The average Bonchev–Trinajstić information content (AvgIpc) is 1.66. The van der Waals surface area contributed by atoms with Crippen molar-refractivity contribution in [3.63, 3.8) is 0 Å². The third-order valence-corrected chi connectivity index (χ3v) is 0.705. The van der Waals surface area contributed by atoms with Crippen molar-refractivity contribution in [3.05, 3.63) is 0 Å². The highest BCUT2D eigenvalue weighted by Crippen LogP contribution is 1.87. The molecule has 50 valence electrons. The zero-order valence-electron chi connectivity index (χ0n) is 4.87. The highest BCUT2D eigenvalue weighted by Gasteiger charge is 1.89. The van der Waals surface area contributed by atoms with Crippen LogP contribution in [0.5, 0.6) is 0 Å². The highest BCUT2D eigenvalue weighted by molar-refractivity contribution is 4.25. The predicted molar refractivity (Wildman–Crippen MR) is 26.3 cm³/mol. The summed E-state index contributed by atoms with van der Waals surface area (Å²) in [5.41, 5.74) is 0. The Morgan fingerprint density at radius 3 is 2.50 bits per heavy atom. The van der Waals surface area contributed by atoms with Gasteiger partial charge in [-0.05, 0) is 6.42 Å². The molecule has 0 unspecified atom stereocenters. The molecule has 4 heteroatoms. The Morgan fingerprint density at radius 2 is 2.12 bits per heavy atom. The molecule has 0 aliphatic carbocycles. The minimum Gasteiger partial charge on any atom is -0.266 e. The average molecular weight is 121 g/mol. The van der Waals surface area contributed by atoms with Crippen molar-refractivity contribution in [2.24, 2.45) is 0 Å². The van der Waals surface area contributed by atoms with E-state index in [0.717, 1.165) is 12.8 Å². The summed E-state index contributed by atoms with van der Waals surface area (Å²) in [4.78, 5) is 4.23. The van der Waals surface area contributed by atoms with Crippen LogP contribution in [-0.2, 0) is 4.84 Å². The summed E-state index contributed by atoms with van der Waals surface area (Å²) in [5, 5.41) is 15.6. The van der Waals surface area contributed by atoms with Crippen molar-refractivity contribution in [3.8, 4) is 0 Å². The van der Waals surface area contributed by atoms with Crippen molar-refractivity contribution < 1.29 is 15.3 Å². The van der Waals surface area contributed by atoms with Crippen molar-refractivity contribution in [2.75, 3.05) is 6.61 Å². The lowest BCUT2D eigenvalue weighted by Crippen LogP contribution is -2.14. The molecule has 0 heterocycles. The summed E-state index contributed by atoms with van der Waals surface area (Å²) in [6.45, 7) is 2.34. The molecule has 0 aromatic rings. The second-order valence-electron chi connectivity index (χ2n) is 1.44. The molecule has 0 saturated carbocycles. The van der Waals surface area contributed by atoms with Gasteiger partial charge in [0.1, 0.15) is 0 Å². The van der Waals surface area contributed by atoms with E-state index in [1.807, 2.05) is 6.92 Å². The van der Waals surface area contributed by atoms with Crippen molar-refractivity contribution in [1.29, 1.82) is 0 Å². The van der Waals surface area contributed by atoms with E-state index < -0.39 is 0 Å². The first kappa shape index (κ1) is 7.84. The largest absolute Gasteiger partial charge is 0.266 e. The van der Waals surface area contributed by atoms with Crippen LogP contribution in [0.4, 0.5) is 0 Å². The van der Waals surface area contributed by atoms with Crippen LogP contribution in [0, 0.1) is 0 Å². The van der Waals surface area contributed by atoms with E-state index in [-0.39, 0.29) is 5.39 Å². The SMILES string of the molecule is CCCCON(O)O. The van der Waals surface area contributed by atoms with Crippen LogP contribution < -0.4 is 0 Å². The molecule has 0 aromatic carbocycles. The van der Waals surface area contributed by atoms with Crippen molar-refractivity contribution in [2.45, 2.75) is 19.8 Å². The van der Waals surface area contributed by atoms with Crippen LogP contribution in [0.2, 0.25) is 0 Å². The zero-order valence-corrected chi connectivity index (χ0v) is 4.87. The minimum absolute atomic E-state index is 0.268. The van der Waals surface area contributed by atoms with Crippen LogP contribution in [0.25, 0.3) is 0 Å². The normalized spacial score (nSPS) is 10.5. The van der Waals surface area contributed by atoms with Gasteiger partial charge in [0.05, 0.1) is 12.0 Å². The molecular weight excluding hydrogens is 110 g/mol. The summed E-state index contributed by atoms with van der Waals surface area (Å²) in [7, 11) is 0. The predicted octanol–water partition coefficient (Wildman–Crippen LogP) is 0.798. The fourth-order valence-electron chi connectivity index (χ4n) is 0.291. The topological polar surface area (TPSA) is 52.9 Å². The molecule has 0 aliphatic heterocycles. The summed E-state index contributed by atoms with van der Waals surface area (Å²) in [5.74, 6) is 0. The second-order valence-corrected chi connectivity index (χ2v) is 1.44. The van der Waals surface area contributed by atoms with E-state index in [1.54, 1.807) is 0 Å². The summed E-state index contributed by atoms with van der Waals surface area (Å²) in [6.07, 6.45) is 1.81. The van der Waals surface area contributed by atoms with Crippen molar-refractivity contribution in [1.82, 2.24) is 5.39 Å². The summed E-state index contributed by atoms with van der Waals surface area (Å²) in [6, 6.07) is 0. The van der Waals surface area contributed by atoms with E-state index in [9.17, 15) is 0 Å². The molecule has 0 saturated heterocycles. The van der Waals surface area contributed by atoms with Crippen LogP contribution in [0.1, 0.15) is 19.8 Å². The molecule has 4 nitrogen and oxygen atoms in total. The Hall–Kier alpha value is -0.160. The third-order valence-electron chi connectivity index (χ3n) is 0.705. The van der Waals surface area contributed by atoms with Crippen molar-refractivity contribution >= 4 is 0 Å². The summed E-state index contributed by atoms with van der Waals surface area (Å²) < 4.78 is 0. The Morgan fingerprint density at radius 1 is 1.50 bits per heavy atom. The molecule has 0 bridgehead atoms. The van der Waals surface area contributed by atoms with Gasteiger partial charge in [-0.15, -0.1) is 0 Å². The number of hydrogen-bond acceptors (Lipinski definition) is 4. The number of nitrogens with zero attached hydrogens (tertiary/aromatic N) is 1. The molecule has 0 spiro atoms. The lowest BCUT2D eigenvalue weighted by Gasteiger charge is -2.03. The number of unbranched alkanes of at least 4 members (excludes halogenated alkanes) is 1. The highest BCUT2D eigenvalue weighted by atomic mass is 17.1. The Kier molecular flexibility index (Phi) is 4.89. The molecule has 0 aliphatic rings. The fourth-order valence-corrected chi connectivity index (χ4v) is 0.291. The first-order chi connectivity index (χ1) is 3.77. The molecule has 0 amide bonds. The third kappa shape index (κ3) is 5.84. The molecular formula is C4H11NO3. The zero-order chi connectivity index (χ0) is 6.41.